The zero-order valence-electron chi connectivity index (χ0n) is 18.7. The molecule has 4 atom stereocenters. The molecule has 2 saturated heterocycles. The van der Waals surface area contributed by atoms with Crippen LogP contribution in [0.2, 0.25) is 0 Å². The van der Waals surface area contributed by atoms with Crippen molar-refractivity contribution in [3.63, 3.8) is 0 Å². The molecule has 5 rings (SSSR count). The van der Waals surface area contributed by atoms with E-state index in [1.165, 1.54) is 12.1 Å². The van der Waals surface area contributed by atoms with E-state index < -0.39 is 41.2 Å². The van der Waals surface area contributed by atoms with Gasteiger partial charge in [0, 0.05) is 12.5 Å². The van der Waals surface area contributed by atoms with Crippen molar-refractivity contribution in [2.75, 3.05) is 0 Å². The number of fused-ring (bicyclic) bond motifs is 1. The van der Waals surface area contributed by atoms with E-state index in [1.54, 1.807) is 12.1 Å². The van der Waals surface area contributed by atoms with Crippen LogP contribution in [0.4, 0.5) is 0 Å². The summed E-state index contributed by atoms with van der Waals surface area (Å²) in [4.78, 5) is 38.2. The summed E-state index contributed by atoms with van der Waals surface area (Å²) >= 11 is 0. The highest BCUT2D eigenvalue weighted by molar-refractivity contribution is 6.09. The molecule has 176 valence electrons. The molecule has 0 spiro atoms. The van der Waals surface area contributed by atoms with Crippen LogP contribution in [0.5, 0.6) is 5.75 Å². The molecule has 0 saturated carbocycles. The smallest absolute Gasteiger partial charge is 0.325 e. The summed E-state index contributed by atoms with van der Waals surface area (Å²) in [6.07, 6.45) is 3.95. The van der Waals surface area contributed by atoms with Gasteiger partial charge in [0.25, 0.3) is 0 Å². The van der Waals surface area contributed by atoms with E-state index in [9.17, 15) is 24.6 Å². The molecule has 3 aromatic carbocycles. The zero-order chi connectivity index (χ0) is 24.6. The minimum atomic E-state index is -1.67. The van der Waals surface area contributed by atoms with Crippen molar-refractivity contribution in [2.45, 2.75) is 18.0 Å². The summed E-state index contributed by atoms with van der Waals surface area (Å²) < 4.78 is 0. The van der Waals surface area contributed by atoms with E-state index in [1.807, 2.05) is 66.7 Å². The standard InChI is InChI=1S/C28H24N2O5/c31-21-14-10-19(11-15-21)16-28(27(34)35)23-22(25(32)29-26(23)33)24(30-28)20-12-8-18(9-13-20)7-6-17-4-2-1-3-5-17/h1-15,22-24,30-31H,16H2,(H,34,35)(H,29,32,33). The number of rotatable bonds is 6. The first kappa shape index (κ1) is 22.6. The molecule has 4 N–H and O–H groups in total. The highest BCUT2D eigenvalue weighted by Crippen LogP contribution is 2.47. The van der Waals surface area contributed by atoms with E-state index in [2.05, 4.69) is 10.6 Å². The Kier molecular flexibility index (Phi) is 5.70. The number of carboxylic acids is 1. The summed E-state index contributed by atoms with van der Waals surface area (Å²) in [5.41, 5.74) is 1.71. The number of phenolic OH excluding ortho intramolecular Hbond substituents is 1. The Balaban J connectivity index is 1.47. The third kappa shape index (κ3) is 4.11. The number of benzene rings is 3. The number of nitrogens with one attached hydrogen (secondary N) is 2. The lowest BCUT2D eigenvalue weighted by Gasteiger charge is -2.30. The molecule has 3 aromatic rings. The lowest BCUT2D eigenvalue weighted by Crippen LogP contribution is -2.57. The quantitative estimate of drug-likeness (QED) is 0.326. The van der Waals surface area contributed by atoms with Crippen LogP contribution in [0.15, 0.2) is 78.9 Å². The van der Waals surface area contributed by atoms with Gasteiger partial charge in [-0.3, -0.25) is 25.0 Å². The number of carbonyl (C=O) groups is 3. The first-order valence-electron chi connectivity index (χ1n) is 11.3. The maximum absolute atomic E-state index is 12.8. The molecule has 2 amide bonds. The Labute approximate surface area is 202 Å². The molecular weight excluding hydrogens is 444 g/mol. The minimum absolute atomic E-state index is 0.0150. The van der Waals surface area contributed by atoms with E-state index in [0.29, 0.717) is 5.56 Å². The largest absolute Gasteiger partial charge is 0.508 e. The third-order valence-electron chi connectivity index (χ3n) is 6.86. The summed E-state index contributed by atoms with van der Waals surface area (Å²) in [7, 11) is 0. The van der Waals surface area contributed by atoms with Gasteiger partial charge in [0.15, 0.2) is 0 Å². The van der Waals surface area contributed by atoms with Gasteiger partial charge >= 0.3 is 5.97 Å². The molecule has 35 heavy (non-hydrogen) atoms. The van der Waals surface area contributed by atoms with Crippen LogP contribution in [0.25, 0.3) is 12.2 Å². The molecule has 2 heterocycles. The topological polar surface area (TPSA) is 116 Å². The maximum Gasteiger partial charge on any atom is 0.325 e. The average molecular weight is 469 g/mol. The van der Waals surface area contributed by atoms with Crippen LogP contribution < -0.4 is 10.6 Å². The number of carboxylic acid groups (broad SMARTS) is 1. The Hall–Kier alpha value is -4.23. The number of imide groups is 1. The van der Waals surface area contributed by atoms with Gasteiger partial charge in [-0.1, -0.05) is 78.9 Å². The summed E-state index contributed by atoms with van der Waals surface area (Å²) in [5.74, 6) is -4.11. The first-order valence-corrected chi connectivity index (χ1v) is 11.3. The highest BCUT2D eigenvalue weighted by atomic mass is 16.4. The fraction of sp³-hybridized carbons (Fsp3) is 0.179. The van der Waals surface area contributed by atoms with Crippen molar-refractivity contribution in [1.29, 1.82) is 0 Å². The van der Waals surface area contributed by atoms with E-state index >= 15 is 0 Å². The Morgan fingerprint density at radius 3 is 2.11 bits per heavy atom. The van der Waals surface area contributed by atoms with Crippen molar-refractivity contribution in [2.24, 2.45) is 11.8 Å². The van der Waals surface area contributed by atoms with Crippen LogP contribution in [0.3, 0.4) is 0 Å². The van der Waals surface area contributed by atoms with Gasteiger partial charge in [-0.2, -0.15) is 0 Å². The fourth-order valence-corrected chi connectivity index (χ4v) is 5.16. The van der Waals surface area contributed by atoms with Crippen molar-refractivity contribution >= 4 is 29.9 Å². The van der Waals surface area contributed by atoms with Gasteiger partial charge in [0.2, 0.25) is 11.8 Å². The lowest BCUT2D eigenvalue weighted by molar-refractivity contribution is -0.149. The van der Waals surface area contributed by atoms with Gasteiger partial charge in [-0.25, -0.2) is 0 Å². The molecule has 0 aliphatic carbocycles. The van der Waals surface area contributed by atoms with Crippen LogP contribution in [0.1, 0.15) is 28.3 Å². The van der Waals surface area contributed by atoms with Crippen molar-refractivity contribution in [1.82, 2.24) is 10.6 Å². The van der Waals surface area contributed by atoms with Gasteiger partial charge in [-0.15, -0.1) is 0 Å². The van der Waals surface area contributed by atoms with Crippen molar-refractivity contribution < 1.29 is 24.6 Å². The summed E-state index contributed by atoms with van der Waals surface area (Å²) in [6, 6.07) is 22.9. The normalized spacial score (nSPS) is 25.5. The number of aliphatic carboxylic acids is 1. The SMILES string of the molecule is O=C1NC(=O)C2C1C(c1ccc(C=Cc3ccccc3)cc1)NC2(Cc1ccc(O)cc1)C(=O)O. The molecule has 0 aromatic heterocycles. The molecule has 0 radical (unpaired) electrons. The third-order valence-corrected chi connectivity index (χ3v) is 6.86. The Morgan fingerprint density at radius 2 is 1.49 bits per heavy atom. The number of hydrogen-bond acceptors (Lipinski definition) is 5. The van der Waals surface area contributed by atoms with E-state index in [-0.39, 0.29) is 12.2 Å². The number of aromatic hydroxyl groups is 1. The van der Waals surface area contributed by atoms with Gasteiger partial charge < -0.3 is 10.2 Å². The number of phenols is 1. The molecular formula is C28H24N2O5. The number of carbonyl (C=O) groups excluding carboxylic acids is 2. The number of amides is 2. The second-order valence-electron chi connectivity index (χ2n) is 9.01. The molecule has 4 unspecified atom stereocenters. The minimum Gasteiger partial charge on any atom is -0.508 e. The van der Waals surface area contributed by atoms with Crippen LogP contribution in [0, 0.1) is 11.8 Å². The van der Waals surface area contributed by atoms with E-state index in [4.69, 9.17) is 0 Å². The molecule has 7 heteroatoms. The predicted molar refractivity (Wildman–Crippen MR) is 130 cm³/mol. The second-order valence-corrected chi connectivity index (χ2v) is 9.01. The molecule has 2 fully saturated rings. The zero-order valence-corrected chi connectivity index (χ0v) is 18.7. The lowest BCUT2D eigenvalue weighted by atomic mass is 9.76. The van der Waals surface area contributed by atoms with Gasteiger partial charge in [0.05, 0.1) is 11.8 Å². The van der Waals surface area contributed by atoms with Gasteiger partial charge in [-0.05, 0) is 34.4 Å². The number of hydrogen-bond donors (Lipinski definition) is 4. The molecule has 2 aliphatic rings. The molecule has 2 aliphatic heterocycles. The monoisotopic (exact) mass is 468 g/mol. The summed E-state index contributed by atoms with van der Waals surface area (Å²) in [6.45, 7) is 0. The summed E-state index contributed by atoms with van der Waals surface area (Å²) in [5, 5.41) is 25.4. The van der Waals surface area contributed by atoms with Crippen molar-refractivity contribution in [3.05, 3.63) is 101 Å². The van der Waals surface area contributed by atoms with Crippen LogP contribution >= 0.6 is 0 Å². The molecule has 7 nitrogen and oxygen atoms in total. The Bertz CT molecular complexity index is 1300. The van der Waals surface area contributed by atoms with E-state index in [0.717, 1.165) is 16.7 Å². The predicted octanol–water partition coefficient (Wildman–Crippen LogP) is 3.16. The van der Waals surface area contributed by atoms with Crippen LogP contribution in [-0.2, 0) is 20.8 Å². The molecule has 0 bridgehead atoms. The fourth-order valence-electron chi connectivity index (χ4n) is 5.16. The first-order chi connectivity index (χ1) is 16.9. The van der Waals surface area contributed by atoms with Crippen molar-refractivity contribution in [3.8, 4) is 5.75 Å². The highest BCUT2D eigenvalue weighted by Gasteiger charge is 2.66. The Morgan fingerprint density at radius 1 is 0.857 bits per heavy atom. The average Bonchev–Trinajstić information content (AvgIpc) is 3.36. The second kappa shape index (κ2) is 8.85. The van der Waals surface area contributed by atoms with Crippen LogP contribution in [-0.4, -0.2) is 33.5 Å². The van der Waals surface area contributed by atoms with Gasteiger partial charge in [0.1, 0.15) is 11.3 Å². The maximum atomic E-state index is 12.8.